The maximum atomic E-state index is 5.09. The molecule has 2 heterocycles. The van der Waals surface area contributed by atoms with Crippen molar-refractivity contribution in [2.24, 2.45) is 0 Å². The highest BCUT2D eigenvalue weighted by molar-refractivity contribution is 6.25. The first-order chi connectivity index (χ1) is 21.8. The molecule has 0 bridgehead atoms. The summed E-state index contributed by atoms with van der Waals surface area (Å²) in [4.78, 5) is 9.72. The minimum atomic E-state index is 0.935. The SMILES string of the molecule is c1cc(-c2cccc(-c3ccc4ccc5cccnc5c4n3)c2)cc(-c2ccc3c4ccccc4c4ccccc4c3c2)c1. The molecule has 0 saturated heterocycles. The second-order valence-electron chi connectivity index (χ2n) is 11.4. The van der Waals surface area contributed by atoms with Crippen molar-refractivity contribution < 1.29 is 0 Å². The summed E-state index contributed by atoms with van der Waals surface area (Å²) in [6, 6.07) is 54.5. The van der Waals surface area contributed by atoms with Gasteiger partial charge in [-0.05, 0) is 84.9 Å². The molecule has 2 heteroatoms. The third-order valence-electron chi connectivity index (χ3n) is 8.86. The summed E-state index contributed by atoms with van der Waals surface area (Å²) < 4.78 is 0. The largest absolute Gasteiger partial charge is 0.254 e. The van der Waals surface area contributed by atoms with Crippen LogP contribution >= 0.6 is 0 Å². The van der Waals surface area contributed by atoms with Gasteiger partial charge in [-0.3, -0.25) is 4.98 Å². The lowest BCUT2D eigenvalue weighted by molar-refractivity contribution is 1.37. The van der Waals surface area contributed by atoms with E-state index in [1.807, 2.05) is 12.3 Å². The van der Waals surface area contributed by atoms with Crippen LogP contribution in [0.3, 0.4) is 0 Å². The Balaban J connectivity index is 1.14. The van der Waals surface area contributed by atoms with Crippen LogP contribution in [0, 0.1) is 0 Å². The van der Waals surface area contributed by atoms with Crippen molar-refractivity contribution in [1.29, 1.82) is 0 Å². The lowest BCUT2D eigenvalue weighted by Gasteiger charge is -2.13. The molecule has 0 fully saturated rings. The number of aromatic nitrogens is 2. The van der Waals surface area contributed by atoms with Crippen LogP contribution in [0.5, 0.6) is 0 Å². The van der Waals surface area contributed by atoms with Gasteiger partial charge in [0, 0.05) is 22.5 Å². The molecule has 0 unspecified atom stereocenters. The van der Waals surface area contributed by atoms with Crippen LogP contribution in [0.2, 0.25) is 0 Å². The highest BCUT2D eigenvalue weighted by Gasteiger charge is 2.11. The van der Waals surface area contributed by atoms with Gasteiger partial charge in [-0.15, -0.1) is 0 Å². The van der Waals surface area contributed by atoms with E-state index >= 15 is 0 Å². The first-order valence-electron chi connectivity index (χ1n) is 15.0. The van der Waals surface area contributed by atoms with Gasteiger partial charge < -0.3 is 0 Å². The quantitative estimate of drug-likeness (QED) is 0.202. The Bertz CT molecular complexity index is 2530. The molecule has 0 radical (unpaired) electrons. The molecule has 0 aliphatic rings. The van der Waals surface area contributed by atoms with Crippen LogP contribution in [-0.4, -0.2) is 9.97 Å². The Morgan fingerprint density at radius 3 is 1.52 bits per heavy atom. The van der Waals surface area contributed by atoms with E-state index in [1.54, 1.807) is 0 Å². The van der Waals surface area contributed by atoms with Crippen molar-refractivity contribution in [2.45, 2.75) is 0 Å². The molecule has 2 nitrogen and oxygen atoms in total. The lowest BCUT2D eigenvalue weighted by Crippen LogP contribution is -1.89. The average Bonchev–Trinajstić information content (AvgIpc) is 3.11. The summed E-state index contributed by atoms with van der Waals surface area (Å²) in [5, 5.41) is 9.96. The molecule has 9 rings (SSSR count). The molecule has 0 saturated carbocycles. The van der Waals surface area contributed by atoms with Gasteiger partial charge in [0.25, 0.3) is 0 Å². The lowest BCUT2D eigenvalue weighted by atomic mass is 9.91. The van der Waals surface area contributed by atoms with Crippen molar-refractivity contribution in [3.05, 3.63) is 158 Å². The summed E-state index contributed by atoms with van der Waals surface area (Å²) in [5.41, 5.74) is 8.67. The fourth-order valence-corrected chi connectivity index (χ4v) is 6.71. The van der Waals surface area contributed by atoms with Gasteiger partial charge in [0.15, 0.2) is 0 Å². The van der Waals surface area contributed by atoms with Gasteiger partial charge in [0.05, 0.1) is 16.7 Å². The number of hydrogen-bond acceptors (Lipinski definition) is 2. The van der Waals surface area contributed by atoms with Gasteiger partial charge in [0.2, 0.25) is 0 Å². The summed E-state index contributed by atoms with van der Waals surface area (Å²) in [5.74, 6) is 0. The molecule has 44 heavy (non-hydrogen) atoms. The van der Waals surface area contributed by atoms with E-state index in [4.69, 9.17) is 4.98 Å². The normalized spacial score (nSPS) is 11.6. The van der Waals surface area contributed by atoms with Crippen molar-refractivity contribution >= 4 is 54.1 Å². The first-order valence-corrected chi connectivity index (χ1v) is 15.0. The second-order valence-corrected chi connectivity index (χ2v) is 11.4. The zero-order valence-corrected chi connectivity index (χ0v) is 23.9. The van der Waals surface area contributed by atoms with Crippen LogP contribution in [-0.2, 0) is 0 Å². The Hall–Kier alpha value is -5.86. The summed E-state index contributed by atoms with van der Waals surface area (Å²) in [6.45, 7) is 0. The van der Waals surface area contributed by atoms with Crippen molar-refractivity contribution in [2.75, 3.05) is 0 Å². The molecule has 9 aromatic rings. The maximum Gasteiger partial charge on any atom is 0.0972 e. The Morgan fingerprint density at radius 1 is 0.318 bits per heavy atom. The van der Waals surface area contributed by atoms with E-state index in [2.05, 4.69) is 151 Å². The predicted octanol–water partition coefficient (Wildman–Crippen LogP) is 11.2. The number of benzene rings is 7. The maximum absolute atomic E-state index is 5.09. The molecular formula is C42H26N2. The Kier molecular flexibility index (Phi) is 5.54. The van der Waals surface area contributed by atoms with Gasteiger partial charge >= 0.3 is 0 Å². The Morgan fingerprint density at radius 2 is 0.841 bits per heavy atom. The average molecular weight is 559 g/mol. The van der Waals surface area contributed by atoms with Crippen LogP contribution < -0.4 is 0 Å². The van der Waals surface area contributed by atoms with Crippen LogP contribution in [0.4, 0.5) is 0 Å². The van der Waals surface area contributed by atoms with Crippen molar-refractivity contribution in [3.63, 3.8) is 0 Å². The smallest absolute Gasteiger partial charge is 0.0972 e. The third-order valence-corrected chi connectivity index (χ3v) is 8.86. The fraction of sp³-hybridized carbons (Fsp3) is 0. The summed E-state index contributed by atoms with van der Waals surface area (Å²) >= 11 is 0. The van der Waals surface area contributed by atoms with Crippen LogP contribution in [0.25, 0.3) is 87.6 Å². The molecule has 0 N–H and O–H groups in total. The van der Waals surface area contributed by atoms with E-state index in [0.29, 0.717) is 0 Å². The van der Waals surface area contributed by atoms with Crippen LogP contribution in [0.1, 0.15) is 0 Å². The molecule has 0 atom stereocenters. The number of nitrogens with zero attached hydrogens (tertiary/aromatic N) is 2. The monoisotopic (exact) mass is 558 g/mol. The molecule has 0 aliphatic heterocycles. The summed E-state index contributed by atoms with van der Waals surface area (Å²) in [6.07, 6.45) is 1.84. The zero-order valence-electron chi connectivity index (χ0n) is 23.9. The molecule has 0 aliphatic carbocycles. The van der Waals surface area contributed by atoms with E-state index in [9.17, 15) is 0 Å². The fourth-order valence-electron chi connectivity index (χ4n) is 6.71. The number of fused-ring (bicyclic) bond motifs is 9. The van der Waals surface area contributed by atoms with Gasteiger partial charge in [-0.1, -0.05) is 121 Å². The zero-order chi connectivity index (χ0) is 29.0. The van der Waals surface area contributed by atoms with Crippen LogP contribution in [0.15, 0.2) is 158 Å². The van der Waals surface area contributed by atoms with Crippen molar-refractivity contribution in [1.82, 2.24) is 9.97 Å². The highest BCUT2D eigenvalue weighted by atomic mass is 14.7. The number of rotatable bonds is 3. The van der Waals surface area contributed by atoms with Gasteiger partial charge in [-0.25, -0.2) is 4.98 Å². The number of hydrogen-bond donors (Lipinski definition) is 0. The van der Waals surface area contributed by atoms with Crippen molar-refractivity contribution in [3.8, 4) is 33.5 Å². The molecule has 0 amide bonds. The molecule has 7 aromatic carbocycles. The topological polar surface area (TPSA) is 25.8 Å². The standard InChI is InChI=1S/C42H26N2/c1-2-15-36-34(13-1)35-14-3-4-16-37(35)39-26-32(19-21-38(36)39)30-9-5-8-29(24-30)31-10-6-11-33(25-31)40-22-20-28-18-17-27-12-7-23-43-41(27)42(28)44-40/h1-26H. The van der Waals surface area contributed by atoms with Gasteiger partial charge in [-0.2, -0.15) is 0 Å². The first kappa shape index (κ1) is 24.7. The molecule has 0 spiro atoms. The second kappa shape index (κ2) is 9.86. The highest BCUT2D eigenvalue weighted by Crippen LogP contribution is 2.38. The van der Waals surface area contributed by atoms with E-state index < -0.39 is 0 Å². The Labute approximate surface area is 254 Å². The predicted molar refractivity (Wildman–Crippen MR) is 186 cm³/mol. The van der Waals surface area contributed by atoms with E-state index in [1.165, 1.54) is 54.6 Å². The minimum Gasteiger partial charge on any atom is -0.254 e. The third kappa shape index (κ3) is 3.96. The molecular weight excluding hydrogens is 532 g/mol. The van der Waals surface area contributed by atoms with E-state index in [0.717, 1.165) is 33.1 Å². The minimum absolute atomic E-state index is 0.935. The number of pyridine rings is 2. The molecule has 2 aromatic heterocycles. The van der Waals surface area contributed by atoms with Gasteiger partial charge in [0.1, 0.15) is 0 Å². The summed E-state index contributed by atoms with van der Waals surface area (Å²) in [7, 11) is 0. The van der Waals surface area contributed by atoms with E-state index in [-0.39, 0.29) is 0 Å². The molecule has 204 valence electrons.